The van der Waals surface area contributed by atoms with E-state index < -0.39 is 0 Å². The Morgan fingerprint density at radius 1 is 1.12 bits per heavy atom. The Bertz CT molecular complexity index is 423. The Hall–Kier alpha value is -1.45. The molecule has 4 N–H and O–H groups in total. The van der Waals surface area contributed by atoms with Crippen LogP contribution in [0.4, 0.5) is 17.3 Å². The molecule has 0 bridgehead atoms. The zero-order chi connectivity index (χ0) is 11.9. The third kappa shape index (κ3) is 1.81. The number of aromatic nitrogens is 1. The molecule has 4 nitrogen and oxygen atoms in total. The van der Waals surface area contributed by atoms with Crippen molar-refractivity contribution in [2.75, 3.05) is 29.5 Å². The minimum Gasteiger partial charge on any atom is -0.396 e. The summed E-state index contributed by atoms with van der Waals surface area (Å²) in [5, 5.41) is 0. The van der Waals surface area contributed by atoms with E-state index in [1.165, 1.54) is 32.1 Å². The van der Waals surface area contributed by atoms with Crippen molar-refractivity contribution >= 4 is 17.3 Å². The molecule has 2 heterocycles. The highest BCUT2D eigenvalue weighted by Gasteiger charge is 2.40. The number of hydrogen-bond donors (Lipinski definition) is 2. The summed E-state index contributed by atoms with van der Waals surface area (Å²) in [5.74, 6) is 1.44. The molecule has 2 aliphatic rings. The van der Waals surface area contributed by atoms with E-state index in [2.05, 4.69) is 9.88 Å². The molecule has 1 saturated heterocycles. The second-order valence-electron chi connectivity index (χ2n) is 5.52. The summed E-state index contributed by atoms with van der Waals surface area (Å²) in [4.78, 5) is 6.75. The highest BCUT2D eigenvalue weighted by molar-refractivity contribution is 5.62. The molecular weight excluding hydrogens is 212 g/mol. The second-order valence-corrected chi connectivity index (χ2v) is 5.52. The zero-order valence-corrected chi connectivity index (χ0v) is 10.2. The number of nitrogen functional groups attached to an aromatic ring is 2. The lowest BCUT2D eigenvalue weighted by Gasteiger charge is -2.24. The van der Waals surface area contributed by atoms with Crippen LogP contribution in [-0.2, 0) is 0 Å². The summed E-state index contributed by atoms with van der Waals surface area (Å²) in [6, 6.07) is 3.84. The van der Waals surface area contributed by atoms with Gasteiger partial charge in [-0.2, -0.15) is 0 Å². The molecule has 1 aliphatic heterocycles. The number of nitrogens with two attached hydrogens (primary N) is 2. The van der Waals surface area contributed by atoms with Gasteiger partial charge in [-0.1, -0.05) is 12.8 Å². The fourth-order valence-corrected chi connectivity index (χ4v) is 3.31. The number of hydrogen-bond acceptors (Lipinski definition) is 4. The Balaban J connectivity index is 1.79. The van der Waals surface area contributed by atoms with Crippen LogP contribution in [0.1, 0.15) is 32.1 Å². The minimum absolute atomic E-state index is 0.454. The first-order chi connectivity index (χ1) is 8.19. The smallest absolute Gasteiger partial charge is 0.149 e. The summed E-state index contributed by atoms with van der Waals surface area (Å²) in [7, 11) is 0. The third-order valence-corrected chi connectivity index (χ3v) is 4.37. The fraction of sp³-hybridized carbons (Fsp3) is 0.615. The van der Waals surface area contributed by atoms with Gasteiger partial charge in [-0.3, -0.25) is 0 Å². The largest absolute Gasteiger partial charge is 0.396 e. The van der Waals surface area contributed by atoms with Gasteiger partial charge in [-0.25, -0.2) is 4.98 Å². The summed E-state index contributed by atoms with van der Waals surface area (Å²) >= 11 is 0. The van der Waals surface area contributed by atoms with Gasteiger partial charge in [0, 0.05) is 13.1 Å². The van der Waals surface area contributed by atoms with E-state index in [9.17, 15) is 0 Å². The van der Waals surface area contributed by atoms with Crippen LogP contribution in [0.25, 0.3) is 0 Å². The van der Waals surface area contributed by atoms with Crippen LogP contribution < -0.4 is 16.4 Å². The monoisotopic (exact) mass is 232 g/mol. The van der Waals surface area contributed by atoms with Crippen LogP contribution in [0, 0.1) is 5.41 Å². The number of anilines is 3. The van der Waals surface area contributed by atoms with Gasteiger partial charge in [0.2, 0.25) is 0 Å². The molecule has 0 aromatic carbocycles. The van der Waals surface area contributed by atoms with Crippen molar-refractivity contribution in [1.82, 2.24) is 4.98 Å². The quantitative estimate of drug-likeness (QED) is 0.777. The summed E-state index contributed by atoms with van der Waals surface area (Å²) in [6.45, 7) is 2.25. The molecule has 2 fully saturated rings. The van der Waals surface area contributed by atoms with Crippen LogP contribution in [0.3, 0.4) is 0 Å². The lowest BCUT2D eigenvalue weighted by Crippen LogP contribution is -2.25. The van der Waals surface area contributed by atoms with Gasteiger partial charge in [0.25, 0.3) is 0 Å². The maximum Gasteiger partial charge on any atom is 0.149 e. The standard InChI is InChI=1S/C13H20N4/c14-10-3-4-11(16-12(10)15)17-8-7-13(9-17)5-1-2-6-13/h3-4H,1-2,5-9,14H2,(H2,15,16). The van der Waals surface area contributed by atoms with Crippen LogP contribution in [0.5, 0.6) is 0 Å². The van der Waals surface area contributed by atoms with Gasteiger partial charge in [0.15, 0.2) is 0 Å². The van der Waals surface area contributed by atoms with Gasteiger partial charge >= 0.3 is 0 Å². The van der Waals surface area contributed by atoms with Crippen molar-refractivity contribution in [1.29, 1.82) is 0 Å². The van der Waals surface area contributed by atoms with E-state index in [0.717, 1.165) is 18.9 Å². The molecule has 4 heteroatoms. The van der Waals surface area contributed by atoms with E-state index in [0.29, 0.717) is 16.9 Å². The highest BCUT2D eigenvalue weighted by Crippen LogP contribution is 2.46. The molecule has 1 saturated carbocycles. The van der Waals surface area contributed by atoms with Crippen molar-refractivity contribution in [3.63, 3.8) is 0 Å². The van der Waals surface area contributed by atoms with Crippen molar-refractivity contribution in [3.05, 3.63) is 12.1 Å². The molecule has 0 unspecified atom stereocenters. The molecule has 1 spiro atoms. The molecule has 1 aromatic heterocycles. The number of nitrogens with zero attached hydrogens (tertiary/aromatic N) is 2. The fourth-order valence-electron chi connectivity index (χ4n) is 3.31. The van der Waals surface area contributed by atoms with Crippen molar-refractivity contribution in [3.8, 4) is 0 Å². The second kappa shape index (κ2) is 3.79. The van der Waals surface area contributed by atoms with Crippen molar-refractivity contribution < 1.29 is 0 Å². The maximum atomic E-state index is 5.77. The normalized spacial score (nSPS) is 22.5. The van der Waals surface area contributed by atoms with Gasteiger partial charge in [0.05, 0.1) is 5.69 Å². The summed E-state index contributed by atoms with van der Waals surface area (Å²) in [5.41, 5.74) is 12.6. The Labute approximate surface area is 102 Å². The topological polar surface area (TPSA) is 68.2 Å². The molecule has 1 aliphatic carbocycles. The molecule has 0 atom stereocenters. The third-order valence-electron chi connectivity index (χ3n) is 4.37. The van der Waals surface area contributed by atoms with Gasteiger partial charge in [0.1, 0.15) is 11.6 Å². The van der Waals surface area contributed by atoms with Crippen LogP contribution in [0.15, 0.2) is 12.1 Å². The first-order valence-electron chi connectivity index (χ1n) is 6.46. The lowest BCUT2D eigenvalue weighted by atomic mass is 9.86. The molecule has 0 amide bonds. The maximum absolute atomic E-state index is 5.77. The molecule has 0 radical (unpaired) electrons. The first kappa shape index (κ1) is 10.7. The number of pyridine rings is 1. The summed E-state index contributed by atoms with van der Waals surface area (Å²) in [6.07, 6.45) is 6.86. The van der Waals surface area contributed by atoms with E-state index in [4.69, 9.17) is 11.5 Å². The molecule has 1 aromatic rings. The zero-order valence-electron chi connectivity index (χ0n) is 10.2. The van der Waals surface area contributed by atoms with E-state index >= 15 is 0 Å². The number of rotatable bonds is 1. The van der Waals surface area contributed by atoms with E-state index in [1.54, 1.807) is 0 Å². The van der Waals surface area contributed by atoms with Crippen LogP contribution >= 0.6 is 0 Å². The Kier molecular flexibility index (Phi) is 2.38. The molecule has 3 rings (SSSR count). The molecular formula is C13H20N4. The lowest BCUT2D eigenvalue weighted by molar-refractivity contribution is 0.340. The van der Waals surface area contributed by atoms with Crippen LogP contribution in [-0.4, -0.2) is 18.1 Å². The van der Waals surface area contributed by atoms with Crippen molar-refractivity contribution in [2.45, 2.75) is 32.1 Å². The predicted molar refractivity (Wildman–Crippen MR) is 70.8 cm³/mol. The Morgan fingerprint density at radius 2 is 1.88 bits per heavy atom. The molecule has 92 valence electrons. The van der Waals surface area contributed by atoms with E-state index in [1.807, 2.05) is 12.1 Å². The van der Waals surface area contributed by atoms with Crippen LogP contribution in [0.2, 0.25) is 0 Å². The van der Waals surface area contributed by atoms with Gasteiger partial charge < -0.3 is 16.4 Å². The summed E-state index contributed by atoms with van der Waals surface area (Å²) < 4.78 is 0. The van der Waals surface area contributed by atoms with Gasteiger partial charge in [-0.15, -0.1) is 0 Å². The first-order valence-corrected chi connectivity index (χ1v) is 6.46. The predicted octanol–water partition coefficient (Wildman–Crippen LogP) is 2.02. The Morgan fingerprint density at radius 3 is 2.59 bits per heavy atom. The van der Waals surface area contributed by atoms with Gasteiger partial charge in [-0.05, 0) is 36.8 Å². The van der Waals surface area contributed by atoms with E-state index in [-0.39, 0.29) is 0 Å². The average molecular weight is 232 g/mol. The molecule has 17 heavy (non-hydrogen) atoms. The SMILES string of the molecule is Nc1ccc(N2CCC3(CCCC3)C2)nc1N. The highest BCUT2D eigenvalue weighted by atomic mass is 15.2. The average Bonchev–Trinajstić information content (AvgIpc) is 2.94. The van der Waals surface area contributed by atoms with Crippen molar-refractivity contribution in [2.24, 2.45) is 5.41 Å². The minimum atomic E-state index is 0.454.